The Bertz CT molecular complexity index is 186. The molecular formula is C10H15ClZn. The second-order valence-electron chi connectivity index (χ2n) is 2.94. The minimum Gasteiger partial charge on any atom is -0.147 e. The Morgan fingerprint density at radius 3 is 2.42 bits per heavy atom. The van der Waals surface area contributed by atoms with Gasteiger partial charge in [-0.3, -0.25) is 0 Å². The average Bonchev–Trinajstić information content (AvgIpc) is 2.07. The first-order valence-corrected chi connectivity index (χ1v) is 8.05. The first-order chi connectivity index (χ1) is 5.43. The van der Waals surface area contributed by atoms with Crippen LogP contribution >= 0.6 is 12.4 Å². The van der Waals surface area contributed by atoms with Crippen LogP contribution in [0, 0.1) is 0 Å². The molecule has 0 atom stereocenters. The number of hydrogen-bond acceptors (Lipinski definition) is 0. The second kappa shape index (κ2) is 7.77. The third-order valence-electron chi connectivity index (χ3n) is 1.91. The Balaban J connectivity index is 0.00000121. The van der Waals surface area contributed by atoms with Gasteiger partial charge in [-0.2, -0.15) is 0 Å². The number of halogens is 1. The van der Waals surface area contributed by atoms with E-state index in [-0.39, 0.29) is 29.5 Å². The maximum Gasteiger partial charge on any atom is -0.147 e. The van der Waals surface area contributed by atoms with Crippen LogP contribution in [-0.4, -0.2) is 0 Å². The van der Waals surface area contributed by atoms with Crippen molar-refractivity contribution in [3.8, 4) is 0 Å². The van der Waals surface area contributed by atoms with E-state index in [2.05, 4.69) is 37.3 Å². The van der Waals surface area contributed by atoms with Crippen molar-refractivity contribution in [3.63, 3.8) is 0 Å². The van der Waals surface area contributed by atoms with Crippen LogP contribution in [0.1, 0.15) is 19.8 Å². The molecule has 0 N–H and O–H groups in total. The third-order valence-corrected chi connectivity index (χ3v) is 5.90. The summed E-state index contributed by atoms with van der Waals surface area (Å²) in [6.07, 6.45) is 2.80. The summed E-state index contributed by atoms with van der Waals surface area (Å²) in [7, 11) is 0. The fourth-order valence-electron chi connectivity index (χ4n) is 1.22. The second-order valence-corrected chi connectivity index (χ2v) is 7.19. The molecule has 0 aliphatic carbocycles. The molecule has 1 aromatic rings. The van der Waals surface area contributed by atoms with Gasteiger partial charge in [0.15, 0.2) is 0 Å². The van der Waals surface area contributed by atoms with Gasteiger partial charge in [-0.1, -0.05) is 0 Å². The molecule has 12 heavy (non-hydrogen) atoms. The molecule has 0 unspecified atom stereocenters. The van der Waals surface area contributed by atoms with E-state index in [1.165, 1.54) is 17.9 Å². The molecule has 0 bridgehead atoms. The van der Waals surface area contributed by atoms with Crippen molar-refractivity contribution >= 4 is 16.6 Å². The monoisotopic (exact) mass is 234 g/mol. The first-order valence-electron chi connectivity index (χ1n) is 4.47. The predicted molar refractivity (Wildman–Crippen MR) is 53.0 cm³/mol. The molecule has 0 fully saturated rings. The van der Waals surface area contributed by atoms with Crippen LogP contribution in [0.4, 0.5) is 0 Å². The van der Waals surface area contributed by atoms with Crippen molar-refractivity contribution in [2.75, 3.05) is 0 Å². The zero-order chi connectivity index (χ0) is 7.94. The van der Waals surface area contributed by atoms with Gasteiger partial charge < -0.3 is 0 Å². The van der Waals surface area contributed by atoms with Gasteiger partial charge in [0.2, 0.25) is 0 Å². The topological polar surface area (TPSA) is 0 Å². The maximum atomic E-state index is 2.29. The van der Waals surface area contributed by atoms with Crippen LogP contribution in [0.2, 0.25) is 5.02 Å². The summed E-state index contributed by atoms with van der Waals surface area (Å²) in [5.74, 6) is 0. The molecule has 0 saturated carbocycles. The summed E-state index contributed by atoms with van der Waals surface area (Å²) in [5, 5.41) is 1.52. The summed E-state index contributed by atoms with van der Waals surface area (Å²) in [5.41, 5.74) is 0. The summed E-state index contributed by atoms with van der Waals surface area (Å²) in [4.78, 5) is 0. The number of hydrogen-bond donors (Lipinski definition) is 0. The summed E-state index contributed by atoms with van der Waals surface area (Å²) in [6.45, 7) is 2.27. The first kappa shape index (κ1) is 12.1. The van der Waals surface area contributed by atoms with Gasteiger partial charge in [0, 0.05) is 0 Å². The Labute approximate surface area is 88.8 Å². The quantitative estimate of drug-likeness (QED) is 0.556. The standard InChI is InChI=1S/C6H5.C4H9.ClH.Zn/c1-2-4-6-5-3-1;1-3-4-2;;/h1-5H;1,3-4H2,2H3;1H;. The van der Waals surface area contributed by atoms with Crippen LogP contribution in [-0.2, 0) is 17.1 Å². The van der Waals surface area contributed by atoms with E-state index in [9.17, 15) is 0 Å². The SMILES string of the molecule is CCC[CH2][Zn][c]1ccccc1.Cl. The van der Waals surface area contributed by atoms with Gasteiger partial charge in [0.05, 0.1) is 0 Å². The van der Waals surface area contributed by atoms with Crippen LogP contribution in [0.5, 0.6) is 0 Å². The van der Waals surface area contributed by atoms with E-state index in [1.807, 2.05) is 0 Å². The van der Waals surface area contributed by atoms with Crippen molar-refractivity contribution in [2.24, 2.45) is 0 Å². The summed E-state index contributed by atoms with van der Waals surface area (Å²) in [6, 6.07) is 11.0. The van der Waals surface area contributed by atoms with E-state index in [0.717, 1.165) is 0 Å². The molecule has 0 nitrogen and oxygen atoms in total. The molecule has 0 amide bonds. The Kier molecular flexibility index (Phi) is 7.85. The molecule has 0 saturated heterocycles. The molecule has 2 heteroatoms. The minimum absolute atomic E-state index is 0. The zero-order valence-corrected chi connectivity index (χ0v) is 11.4. The average molecular weight is 236 g/mol. The molecule has 1 rings (SSSR count). The molecule has 64 valence electrons. The number of rotatable bonds is 4. The van der Waals surface area contributed by atoms with Crippen molar-refractivity contribution in [1.82, 2.24) is 0 Å². The summed E-state index contributed by atoms with van der Waals surface area (Å²) >= 11 is -0.331. The number of unbranched alkanes of at least 4 members (excludes halogenated alkanes) is 1. The molecule has 0 aromatic heterocycles. The molecule has 0 radical (unpaired) electrons. The van der Waals surface area contributed by atoms with Crippen LogP contribution in [0.15, 0.2) is 30.3 Å². The number of benzene rings is 1. The van der Waals surface area contributed by atoms with Crippen LogP contribution in [0.25, 0.3) is 0 Å². The van der Waals surface area contributed by atoms with Gasteiger partial charge in [-0.15, -0.1) is 12.4 Å². The van der Waals surface area contributed by atoms with Gasteiger partial charge in [0.1, 0.15) is 0 Å². The van der Waals surface area contributed by atoms with Crippen molar-refractivity contribution in [1.29, 1.82) is 0 Å². The fraction of sp³-hybridized carbons (Fsp3) is 0.400. The molecule has 1 aromatic carbocycles. The molecule has 0 aliphatic rings. The van der Waals surface area contributed by atoms with Gasteiger partial charge in [0.25, 0.3) is 0 Å². The fourth-order valence-corrected chi connectivity index (χ4v) is 4.92. The van der Waals surface area contributed by atoms with Crippen molar-refractivity contribution < 1.29 is 17.1 Å². The van der Waals surface area contributed by atoms with Crippen LogP contribution in [0.3, 0.4) is 0 Å². The van der Waals surface area contributed by atoms with Gasteiger partial charge >= 0.3 is 76.4 Å². The molecule has 0 aliphatic heterocycles. The normalized spacial score (nSPS) is 8.42. The van der Waals surface area contributed by atoms with E-state index >= 15 is 0 Å². The van der Waals surface area contributed by atoms with Crippen LogP contribution < -0.4 is 4.16 Å². The van der Waals surface area contributed by atoms with E-state index in [0.29, 0.717) is 0 Å². The molecular weight excluding hydrogens is 221 g/mol. The maximum absolute atomic E-state index is 2.29. The molecule has 0 heterocycles. The Morgan fingerprint density at radius 1 is 1.17 bits per heavy atom. The Morgan fingerprint density at radius 2 is 1.83 bits per heavy atom. The van der Waals surface area contributed by atoms with E-state index < -0.39 is 0 Å². The smallest absolute Gasteiger partial charge is 0.147 e. The van der Waals surface area contributed by atoms with Crippen molar-refractivity contribution in [2.45, 2.75) is 24.8 Å². The molecule has 0 spiro atoms. The zero-order valence-electron chi connectivity index (χ0n) is 7.62. The summed E-state index contributed by atoms with van der Waals surface area (Å²) < 4.78 is 1.66. The van der Waals surface area contributed by atoms with E-state index in [1.54, 1.807) is 4.16 Å². The Hall–Kier alpha value is 0.133. The van der Waals surface area contributed by atoms with Gasteiger partial charge in [-0.05, 0) is 0 Å². The van der Waals surface area contributed by atoms with E-state index in [4.69, 9.17) is 0 Å². The van der Waals surface area contributed by atoms with Crippen molar-refractivity contribution in [3.05, 3.63) is 30.3 Å². The predicted octanol–water partition coefficient (Wildman–Crippen LogP) is 3.03. The largest absolute Gasteiger partial charge is 0.147 e. The minimum atomic E-state index is -0.331. The third kappa shape index (κ3) is 4.90. The van der Waals surface area contributed by atoms with Gasteiger partial charge in [-0.25, -0.2) is 0 Å².